The molecule has 0 bridgehead atoms. The summed E-state index contributed by atoms with van der Waals surface area (Å²) >= 11 is 0. The third kappa shape index (κ3) is 3.69. The maximum atomic E-state index is 12.1. The Hall–Kier alpha value is -3.68. The number of fused-ring (bicyclic) bond motifs is 3. The summed E-state index contributed by atoms with van der Waals surface area (Å²) < 4.78 is 16.0. The van der Waals surface area contributed by atoms with Crippen LogP contribution in [0.1, 0.15) is 23.1 Å². The van der Waals surface area contributed by atoms with Crippen LogP contribution in [0.5, 0.6) is 11.5 Å². The Balaban J connectivity index is 1.45. The SMILES string of the molecule is Cc1cc(OCC(=O)Oc2ccc3c4c(c(=O)oc3c2)CCC4)ccc1[N+](=O)[O-]. The standard InChI is InChI=1S/C21H17NO7/c1-12-9-13(6-8-18(12)22(25)26)27-11-20(23)28-14-5-7-16-15-3-2-4-17(15)21(24)29-19(16)10-14/h5-10H,2-4,11H2,1H3. The van der Waals surface area contributed by atoms with Crippen molar-refractivity contribution in [1.82, 2.24) is 0 Å². The lowest BCUT2D eigenvalue weighted by Gasteiger charge is -2.09. The van der Waals surface area contributed by atoms with Gasteiger partial charge in [-0.15, -0.1) is 0 Å². The van der Waals surface area contributed by atoms with E-state index >= 15 is 0 Å². The molecule has 0 aliphatic heterocycles. The fourth-order valence-electron chi connectivity index (χ4n) is 3.55. The number of hydrogen-bond acceptors (Lipinski definition) is 7. The summed E-state index contributed by atoms with van der Waals surface area (Å²) in [5, 5.41) is 11.7. The molecule has 0 spiro atoms. The Morgan fingerprint density at radius 1 is 1.14 bits per heavy atom. The molecule has 0 saturated heterocycles. The topological polar surface area (TPSA) is 109 Å². The van der Waals surface area contributed by atoms with E-state index in [4.69, 9.17) is 13.9 Å². The van der Waals surface area contributed by atoms with E-state index in [9.17, 15) is 19.7 Å². The van der Waals surface area contributed by atoms with Crippen LogP contribution in [0.25, 0.3) is 11.0 Å². The lowest BCUT2D eigenvalue weighted by molar-refractivity contribution is -0.385. The second-order valence-electron chi connectivity index (χ2n) is 6.83. The number of hydrogen-bond donors (Lipinski definition) is 0. The first-order valence-corrected chi connectivity index (χ1v) is 9.09. The molecule has 0 radical (unpaired) electrons. The van der Waals surface area contributed by atoms with Gasteiger partial charge in [-0.25, -0.2) is 9.59 Å². The van der Waals surface area contributed by atoms with Crippen LogP contribution in [0, 0.1) is 17.0 Å². The van der Waals surface area contributed by atoms with Crippen LogP contribution >= 0.6 is 0 Å². The Labute approximate surface area is 164 Å². The van der Waals surface area contributed by atoms with Crippen LogP contribution in [-0.2, 0) is 17.6 Å². The van der Waals surface area contributed by atoms with Gasteiger partial charge in [0.1, 0.15) is 17.1 Å². The largest absolute Gasteiger partial charge is 0.482 e. The number of nitrogens with zero attached hydrogens (tertiary/aromatic N) is 1. The fraction of sp³-hybridized carbons (Fsp3) is 0.238. The number of ether oxygens (including phenoxy) is 2. The van der Waals surface area contributed by atoms with Gasteiger partial charge in [0.2, 0.25) is 0 Å². The third-order valence-electron chi connectivity index (χ3n) is 4.90. The number of nitro benzene ring substituents is 1. The second-order valence-corrected chi connectivity index (χ2v) is 6.83. The van der Waals surface area contributed by atoms with Crippen molar-refractivity contribution in [1.29, 1.82) is 0 Å². The number of carbonyl (C=O) groups excluding carboxylic acids is 1. The van der Waals surface area contributed by atoms with Gasteiger partial charge < -0.3 is 13.9 Å². The summed E-state index contributed by atoms with van der Waals surface area (Å²) in [6, 6.07) is 9.17. The highest BCUT2D eigenvalue weighted by atomic mass is 16.6. The summed E-state index contributed by atoms with van der Waals surface area (Å²) in [6.45, 7) is 1.21. The van der Waals surface area contributed by atoms with Crippen molar-refractivity contribution in [2.75, 3.05) is 6.61 Å². The van der Waals surface area contributed by atoms with Crippen LogP contribution in [0.3, 0.4) is 0 Å². The van der Waals surface area contributed by atoms with Gasteiger partial charge in [-0.1, -0.05) is 0 Å². The zero-order valence-electron chi connectivity index (χ0n) is 15.6. The van der Waals surface area contributed by atoms with Crippen LogP contribution < -0.4 is 15.1 Å². The van der Waals surface area contributed by atoms with Crippen LogP contribution in [0.2, 0.25) is 0 Å². The molecule has 0 saturated carbocycles. The van der Waals surface area contributed by atoms with Gasteiger partial charge in [0.15, 0.2) is 6.61 Å². The molecular weight excluding hydrogens is 378 g/mol. The minimum Gasteiger partial charge on any atom is -0.482 e. The minimum atomic E-state index is -0.649. The Bertz CT molecular complexity index is 1200. The van der Waals surface area contributed by atoms with Crippen LogP contribution in [-0.4, -0.2) is 17.5 Å². The van der Waals surface area contributed by atoms with E-state index in [1.807, 2.05) is 0 Å². The third-order valence-corrected chi connectivity index (χ3v) is 4.90. The molecular formula is C21H17NO7. The van der Waals surface area contributed by atoms with E-state index in [0.717, 1.165) is 35.8 Å². The van der Waals surface area contributed by atoms with E-state index in [1.54, 1.807) is 19.1 Å². The predicted molar refractivity (Wildman–Crippen MR) is 103 cm³/mol. The maximum absolute atomic E-state index is 12.1. The lowest BCUT2D eigenvalue weighted by Crippen LogP contribution is -2.17. The van der Waals surface area contributed by atoms with Gasteiger partial charge in [-0.2, -0.15) is 0 Å². The number of benzene rings is 2. The number of aryl methyl sites for hydroxylation is 2. The summed E-state index contributed by atoms with van der Waals surface area (Å²) in [5.74, 6) is -0.0824. The molecule has 0 fully saturated rings. The Morgan fingerprint density at radius 3 is 2.66 bits per heavy atom. The zero-order chi connectivity index (χ0) is 20.5. The minimum absolute atomic E-state index is 0.0240. The van der Waals surface area contributed by atoms with E-state index in [-0.39, 0.29) is 23.7 Å². The Kier molecular flexibility index (Phi) is 4.75. The normalized spacial score (nSPS) is 12.6. The van der Waals surface area contributed by atoms with Crippen LogP contribution in [0.15, 0.2) is 45.6 Å². The van der Waals surface area contributed by atoms with Crippen molar-refractivity contribution >= 4 is 22.6 Å². The predicted octanol–water partition coefficient (Wildman–Crippen LogP) is 3.48. The first-order chi connectivity index (χ1) is 13.9. The fourth-order valence-corrected chi connectivity index (χ4v) is 3.55. The van der Waals surface area contributed by atoms with Crippen molar-refractivity contribution in [3.05, 3.63) is 73.6 Å². The number of nitro groups is 1. The highest BCUT2D eigenvalue weighted by Gasteiger charge is 2.20. The molecule has 1 heterocycles. The zero-order valence-corrected chi connectivity index (χ0v) is 15.6. The van der Waals surface area contributed by atoms with Crippen molar-refractivity contribution in [3.8, 4) is 11.5 Å². The van der Waals surface area contributed by atoms with E-state index in [0.29, 0.717) is 16.9 Å². The average Bonchev–Trinajstić information content (AvgIpc) is 3.17. The Morgan fingerprint density at radius 2 is 1.90 bits per heavy atom. The summed E-state index contributed by atoms with van der Waals surface area (Å²) in [6.07, 6.45) is 2.48. The first-order valence-electron chi connectivity index (χ1n) is 9.09. The molecule has 1 aliphatic carbocycles. The summed E-state index contributed by atoms with van der Waals surface area (Å²) in [4.78, 5) is 34.5. The molecule has 2 aromatic carbocycles. The van der Waals surface area contributed by atoms with Crippen molar-refractivity contribution < 1.29 is 23.6 Å². The molecule has 0 amide bonds. The molecule has 1 aliphatic rings. The molecule has 8 heteroatoms. The van der Waals surface area contributed by atoms with Crippen molar-refractivity contribution in [3.63, 3.8) is 0 Å². The van der Waals surface area contributed by atoms with Gasteiger partial charge in [0.25, 0.3) is 5.69 Å². The van der Waals surface area contributed by atoms with E-state index in [2.05, 4.69) is 0 Å². The number of esters is 1. The maximum Gasteiger partial charge on any atom is 0.349 e. The van der Waals surface area contributed by atoms with Gasteiger partial charge in [0.05, 0.1) is 4.92 Å². The molecule has 148 valence electrons. The molecule has 0 atom stereocenters. The van der Waals surface area contributed by atoms with E-state index in [1.165, 1.54) is 24.3 Å². The monoisotopic (exact) mass is 395 g/mol. The lowest BCUT2D eigenvalue weighted by atomic mass is 10.1. The quantitative estimate of drug-likeness (QED) is 0.214. The average molecular weight is 395 g/mol. The van der Waals surface area contributed by atoms with Gasteiger partial charge in [-0.3, -0.25) is 10.1 Å². The van der Waals surface area contributed by atoms with Crippen LogP contribution in [0.4, 0.5) is 5.69 Å². The molecule has 8 nitrogen and oxygen atoms in total. The van der Waals surface area contributed by atoms with Gasteiger partial charge in [0, 0.05) is 28.6 Å². The molecule has 3 aromatic rings. The van der Waals surface area contributed by atoms with Crippen molar-refractivity contribution in [2.45, 2.75) is 26.2 Å². The highest BCUT2D eigenvalue weighted by molar-refractivity contribution is 5.84. The first kappa shape index (κ1) is 18.7. The number of carbonyl (C=O) groups is 1. The van der Waals surface area contributed by atoms with Gasteiger partial charge >= 0.3 is 11.6 Å². The number of rotatable bonds is 5. The molecule has 0 N–H and O–H groups in total. The highest BCUT2D eigenvalue weighted by Crippen LogP contribution is 2.29. The molecule has 1 aromatic heterocycles. The van der Waals surface area contributed by atoms with Gasteiger partial charge in [-0.05, 0) is 56.0 Å². The van der Waals surface area contributed by atoms with E-state index < -0.39 is 10.9 Å². The summed E-state index contributed by atoms with van der Waals surface area (Å²) in [7, 11) is 0. The smallest absolute Gasteiger partial charge is 0.349 e. The molecule has 29 heavy (non-hydrogen) atoms. The summed E-state index contributed by atoms with van der Waals surface area (Å²) in [5.41, 5.74) is 2.18. The second kappa shape index (κ2) is 7.38. The van der Waals surface area contributed by atoms with Crippen molar-refractivity contribution in [2.24, 2.45) is 0 Å². The molecule has 0 unspecified atom stereocenters. The molecule has 4 rings (SSSR count).